The van der Waals surface area contributed by atoms with Gasteiger partial charge in [0.15, 0.2) is 0 Å². The maximum Gasteiger partial charge on any atom is 0.422 e. The molecule has 0 saturated heterocycles. The Morgan fingerprint density at radius 2 is 1.08 bits per heavy atom. The Morgan fingerprint density at radius 1 is 0.680 bits per heavy atom. The van der Waals surface area contributed by atoms with E-state index in [4.69, 9.17) is 5.11 Å². The molecule has 0 aliphatic rings. The molecule has 0 radical (unpaired) electrons. The second-order valence-electron chi connectivity index (χ2n) is 6.07. The van der Waals surface area contributed by atoms with Crippen LogP contribution in [0.1, 0.15) is 20.8 Å². The van der Waals surface area contributed by atoms with Crippen molar-refractivity contribution in [1.82, 2.24) is 0 Å². The van der Waals surface area contributed by atoms with Gasteiger partial charge in [0.2, 0.25) is 0 Å². The van der Waals surface area contributed by atoms with Gasteiger partial charge in [0, 0.05) is 0 Å². The van der Waals surface area contributed by atoms with Gasteiger partial charge < -0.3 is 14.6 Å². The number of aliphatic hydroxyl groups is 1. The van der Waals surface area contributed by atoms with Crippen molar-refractivity contribution >= 4 is 0 Å². The molecule has 152 valence electrons. The Bertz CT molecular complexity index is 445. The second kappa shape index (κ2) is 7.06. The molecule has 0 spiro atoms. The molecule has 0 saturated carbocycles. The Balaban J connectivity index is 5.04. The molecule has 0 aromatic carbocycles. The van der Waals surface area contributed by atoms with E-state index in [-0.39, 0.29) is 0 Å². The van der Waals surface area contributed by atoms with Crippen LogP contribution in [0.5, 0.6) is 0 Å². The minimum Gasteiger partial charge on any atom is -0.390 e. The zero-order valence-electron chi connectivity index (χ0n) is 13.2. The van der Waals surface area contributed by atoms with Crippen LogP contribution in [0.3, 0.4) is 0 Å². The number of ether oxygens (including phenoxy) is 2. The van der Waals surface area contributed by atoms with E-state index >= 15 is 0 Å². The fourth-order valence-electron chi connectivity index (χ4n) is 1.31. The van der Waals surface area contributed by atoms with E-state index in [1.54, 1.807) is 0 Å². The fraction of sp³-hybridized carbons (Fsp3) is 1.00. The minimum atomic E-state index is -6.17. The summed E-state index contributed by atoms with van der Waals surface area (Å²) in [7, 11) is 0. The molecular weight excluding hydrogens is 382 g/mol. The third-order valence-electron chi connectivity index (χ3n) is 2.54. The largest absolute Gasteiger partial charge is 0.422 e. The summed E-state index contributed by atoms with van der Waals surface area (Å²) in [5, 5.41) is 8.02. The second-order valence-corrected chi connectivity index (χ2v) is 6.07. The van der Waals surface area contributed by atoms with Crippen molar-refractivity contribution in [2.45, 2.75) is 56.2 Å². The lowest BCUT2D eigenvalue weighted by Gasteiger charge is -2.33. The molecule has 0 aromatic rings. The zero-order chi connectivity index (χ0) is 20.5. The van der Waals surface area contributed by atoms with Gasteiger partial charge in [-0.05, 0) is 20.8 Å². The van der Waals surface area contributed by atoms with Gasteiger partial charge in [-0.1, -0.05) is 0 Å². The summed E-state index contributed by atoms with van der Waals surface area (Å²) < 4.78 is 138. The van der Waals surface area contributed by atoms with Gasteiger partial charge in [-0.2, -0.15) is 43.9 Å². The Labute approximate surface area is 135 Å². The summed E-state index contributed by atoms with van der Waals surface area (Å²) in [4.78, 5) is 0. The first-order chi connectivity index (χ1) is 10.7. The highest BCUT2D eigenvalue weighted by molar-refractivity contribution is 4.96. The maximum absolute atomic E-state index is 13.3. The van der Waals surface area contributed by atoms with Crippen molar-refractivity contribution in [3.8, 4) is 0 Å². The molecule has 0 heterocycles. The molecule has 0 amide bonds. The van der Waals surface area contributed by atoms with Crippen molar-refractivity contribution in [3.63, 3.8) is 0 Å². The van der Waals surface area contributed by atoms with Gasteiger partial charge in [-0.15, -0.1) is 0 Å². The third-order valence-corrected chi connectivity index (χ3v) is 2.54. The molecule has 1 N–H and O–H groups in total. The average molecular weight is 398 g/mol. The number of alkyl halides is 10. The van der Waals surface area contributed by atoms with Gasteiger partial charge in [-0.3, -0.25) is 0 Å². The maximum atomic E-state index is 13.3. The molecule has 0 aliphatic carbocycles. The molecule has 0 rings (SSSR count). The third kappa shape index (κ3) is 5.58. The van der Waals surface area contributed by atoms with Crippen LogP contribution >= 0.6 is 0 Å². The van der Waals surface area contributed by atoms with Crippen LogP contribution in [0.15, 0.2) is 0 Å². The van der Waals surface area contributed by atoms with E-state index in [2.05, 4.69) is 9.47 Å². The SMILES string of the molecule is CC(C)(C)OC(F)(F)C(F)(F)COCC(F)(F)C(F)(F)C(F)(F)CO. The van der Waals surface area contributed by atoms with Crippen LogP contribution in [0.4, 0.5) is 43.9 Å². The average Bonchev–Trinajstić information content (AvgIpc) is 2.34. The monoisotopic (exact) mass is 398 g/mol. The molecule has 0 bridgehead atoms. The van der Waals surface area contributed by atoms with Crippen LogP contribution in [0, 0.1) is 0 Å². The van der Waals surface area contributed by atoms with Crippen LogP contribution < -0.4 is 0 Å². The highest BCUT2D eigenvalue weighted by Gasteiger charge is 2.71. The van der Waals surface area contributed by atoms with E-state index in [1.807, 2.05) is 0 Å². The summed E-state index contributed by atoms with van der Waals surface area (Å²) in [6, 6.07) is 0. The lowest BCUT2D eigenvalue weighted by Crippen LogP contribution is -2.58. The number of hydrogen-bond acceptors (Lipinski definition) is 3. The summed E-state index contributed by atoms with van der Waals surface area (Å²) in [5.74, 6) is -22.7. The zero-order valence-corrected chi connectivity index (χ0v) is 13.2. The fourth-order valence-corrected chi connectivity index (χ4v) is 1.31. The first kappa shape index (κ1) is 24.2. The number of hydrogen-bond donors (Lipinski definition) is 1. The smallest absolute Gasteiger partial charge is 0.390 e. The molecule has 3 nitrogen and oxygen atoms in total. The topological polar surface area (TPSA) is 38.7 Å². The Morgan fingerprint density at radius 3 is 1.44 bits per heavy atom. The van der Waals surface area contributed by atoms with Gasteiger partial charge in [0.05, 0.1) is 5.60 Å². The number of rotatable bonds is 9. The summed E-state index contributed by atoms with van der Waals surface area (Å²) in [5.41, 5.74) is -1.78. The summed E-state index contributed by atoms with van der Waals surface area (Å²) >= 11 is 0. The quantitative estimate of drug-likeness (QED) is 0.598. The highest BCUT2D eigenvalue weighted by Crippen LogP contribution is 2.46. The van der Waals surface area contributed by atoms with Crippen molar-refractivity contribution < 1.29 is 58.5 Å². The molecule has 13 heteroatoms. The summed E-state index contributed by atoms with van der Waals surface area (Å²) in [6.45, 7) is -4.97. The molecule has 0 fully saturated rings. The molecular formula is C12H16F10O3. The van der Waals surface area contributed by atoms with Gasteiger partial charge in [0.1, 0.15) is 19.8 Å². The normalized spacial score (nSPS) is 15.6. The lowest BCUT2D eigenvalue weighted by atomic mass is 10.1. The highest BCUT2D eigenvalue weighted by atomic mass is 19.3. The van der Waals surface area contributed by atoms with Crippen molar-refractivity contribution in [2.75, 3.05) is 19.8 Å². The van der Waals surface area contributed by atoms with Crippen molar-refractivity contribution in [3.05, 3.63) is 0 Å². The number of aliphatic hydroxyl groups excluding tert-OH is 1. The Kier molecular flexibility index (Phi) is 6.83. The number of halogens is 10. The van der Waals surface area contributed by atoms with E-state index in [0.717, 1.165) is 20.8 Å². The van der Waals surface area contributed by atoms with Gasteiger partial charge in [-0.25, -0.2) is 0 Å². The molecule has 0 atom stereocenters. The molecule has 25 heavy (non-hydrogen) atoms. The van der Waals surface area contributed by atoms with Gasteiger partial charge in [0.25, 0.3) is 0 Å². The van der Waals surface area contributed by atoms with Crippen molar-refractivity contribution in [2.24, 2.45) is 0 Å². The van der Waals surface area contributed by atoms with Crippen LogP contribution in [0.25, 0.3) is 0 Å². The molecule has 0 unspecified atom stereocenters. The van der Waals surface area contributed by atoms with Crippen molar-refractivity contribution in [1.29, 1.82) is 0 Å². The van der Waals surface area contributed by atoms with Crippen LogP contribution in [-0.2, 0) is 9.47 Å². The Hall–Kier alpha value is -0.820. The summed E-state index contributed by atoms with van der Waals surface area (Å²) in [6.07, 6.45) is -5.21. The van der Waals surface area contributed by atoms with E-state index < -0.39 is 55.2 Å². The predicted octanol–water partition coefficient (Wildman–Crippen LogP) is 3.94. The molecule has 0 aliphatic heterocycles. The van der Waals surface area contributed by atoms with E-state index in [9.17, 15) is 43.9 Å². The van der Waals surface area contributed by atoms with Gasteiger partial charge >= 0.3 is 29.8 Å². The van der Waals surface area contributed by atoms with Crippen LogP contribution in [-0.4, -0.2) is 60.3 Å². The van der Waals surface area contributed by atoms with E-state index in [0.29, 0.717) is 0 Å². The first-order valence-electron chi connectivity index (χ1n) is 6.50. The first-order valence-corrected chi connectivity index (χ1v) is 6.50. The minimum absolute atomic E-state index is 0.976. The van der Waals surface area contributed by atoms with Crippen LogP contribution in [0.2, 0.25) is 0 Å². The lowest BCUT2D eigenvalue weighted by molar-refractivity contribution is -0.385. The molecule has 0 aromatic heterocycles. The standard InChI is InChI=1S/C12H16F10O3/c1-7(2,3)25-12(21,22)10(17,18)6-24-5-9(15,16)11(19,20)8(13,14)4-23/h23H,4-6H2,1-3H3. The van der Waals surface area contributed by atoms with E-state index in [1.165, 1.54) is 0 Å². The predicted molar refractivity (Wildman–Crippen MR) is 63.5 cm³/mol.